The van der Waals surface area contributed by atoms with Crippen LogP contribution in [0.5, 0.6) is 0 Å². The van der Waals surface area contributed by atoms with Gasteiger partial charge < -0.3 is 57.2 Å². The highest BCUT2D eigenvalue weighted by Crippen LogP contribution is 1.87. The van der Waals surface area contributed by atoms with Crippen LogP contribution in [0.25, 0.3) is 0 Å². The van der Waals surface area contributed by atoms with Gasteiger partial charge in [0.2, 0.25) is 0 Å². The number of hydrogen-bond acceptors (Lipinski definition) is 13. The van der Waals surface area contributed by atoms with Gasteiger partial charge in [0, 0.05) is 6.92 Å². The molecule has 0 aromatic carbocycles. The lowest BCUT2D eigenvalue weighted by atomic mass is 10.5. The highest BCUT2D eigenvalue weighted by Gasteiger charge is 1.98. The van der Waals surface area contributed by atoms with Crippen molar-refractivity contribution in [3.8, 4) is 0 Å². The van der Waals surface area contributed by atoms with Crippen LogP contribution in [0.1, 0.15) is 13.3 Å². The quantitative estimate of drug-likeness (QED) is 0.0840. The van der Waals surface area contributed by atoms with Crippen LogP contribution in [0.3, 0.4) is 0 Å². The third-order valence-electron chi connectivity index (χ3n) is 4.34. The molecule has 0 fully saturated rings. The Hall–Kier alpha value is -1.46. The van der Waals surface area contributed by atoms with Gasteiger partial charge in [0.25, 0.3) is 0 Å². The summed E-state index contributed by atoms with van der Waals surface area (Å²) >= 11 is 0. The summed E-state index contributed by atoms with van der Waals surface area (Å²) in [6.45, 7) is 10.5. The summed E-state index contributed by atoms with van der Waals surface area (Å²) in [5.41, 5.74) is 0. The average molecular weight is 573 g/mol. The monoisotopic (exact) mass is 572 g/mol. The molecule has 0 aromatic rings. The van der Waals surface area contributed by atoms with E-state index in [0.29, 0.717) is 126 Å². The van der Waals surface area contributed by atoms with Gasteiger partial charge in [-0.1, -0.05) is 0 Å². The molecule has 0 rings (SSSR count). The van der Waals surface area contributed by atoms with Gasteiger partial charge in [-0.3, -0.25) is 9.59 Å². The van der Waals surface area contributed by atoms with Gasteiger partial charge in [-0.25, -0.2) is 0 Å². The molecular formula is C25H48O14. The predicted molar refractivity (Wildman–Crippen MR) is 137 cm³/mol. The average Bonchev–Trinajstić information content (AvgIpc) is 2.91. The summed E-state index contributed by atoms with van der Waals surface area (Å²) < 4.78 is 58.2. The number of hydrogen-bond donors (Lipinski definition) is 1. The molecule has 0 aromatic heterocycles. The summed E-state index contributed by atoms with van der Waals surface area (Å²) in [5.74, 6) is -1.19. The number of ether oxygens (including phenoxy) is 11. The van der Waals surface area contributed by atoms with Crippen molar-refractivity contribution in [2.24, 2.45) is 0 Å². The number of carbonyl (C=O) groups is 2. The first-order chi connectivity index (χ1) is 19.1. The summed E-state index contributed by atoms with van der Waals surface area (Å²) in [7, 11) is 0. The van der Waals surface area contributed by atoms with E-state index in [0.717, 1.165) is 0 Å². The van der Waals surface area contributed by atoms with Gasteiger partial charge >= 0.3 is 11.9 Å². The van der Waals surface area contributed by atoms with Crippen LogP contribution in [0.15, 0.2) is 0 Å². The van der Waals surface area contributed by atoms with Gasteiger partial charge in [-0.15, -0.1) is 0 Å². The Kier molecular flexibility index (Phi) is 31.5. The molecule has 232 valence electrons. The lowest BCUT2D eigenvalue weighted by Gasteiger charge is -2.09. The van der Waals surface area contributed by atoms with E-state index >= 15 is 0 Å². The topological polar surface area (TPSA) is 156 Å². The fraction of sp³-hybridized carbons (Fsp3) is 0.920. The van der Waals surface area contributed by atoms with E-state index in [2.05, 4.69) is 0 Å². The van der Waals surface area contributed by atoms with Crippen molar-refractivity contribution in [1.29, 1.82) is 0 Å². The molecule has 0 unspecified atom stereocenters. The molecule has 14 nitrogen and oxygen atoms in total. The van der Waals surface area contributed by atoms with Crippen LogP contribution in [0, 0.1) is 0 Å². The summed E-state index contributed by atoms with van der Waals surface area (Å²) in [5, 5.41) is 8.47. The normalized spacial score (nSPS) is 11.2. The fourth-order valence-electron chi connectivity index (χ4n) is 2.49. The molecule has 0 bridgehead atoms. The molecule has 0 amide bonds. The standard InChI is InChI=1S/C25H48O14/c1-24(26)39-23-22-38-21-20-37-19-18-36-17-16-35-15-14-34-13-12-33-11-10-32-9-8-31-7-6-30-5-4-29-3-2-25(27)28/h2-23H2,1H3,(H,27,28). The molecular weight excluding hydrogens is 524 g/mol. The minimum atomic E-state index is -0.876. The van der Waals surface area contributed by atoms with Crippen LogP contribution in [0.4, 0.5) is 0 Å². The number of carboxylic acids is 1. The maximum atomic E-state index is 10.6. The summed E-state index contributed by atoms with van der Waals surface area (Å²) in [6, 6.07) is 0. The molecule has 39 heavy (non-hydrogen) atoms. The third-order valence-corrected chi connectivity index (χ3v) is 4.34. The van der Waals surface area contributed by atoms with Crippen molar-refractivity contribution in [1.82, 2.24) is 0 Å². The minimum absolute atomic E-state index is 0.00405. The van der Waals surface area contributed by atoms with E-state index in [4.69, 9.17) is 57.2 Å². The first-order valence-corrected chi connectivity index (χ1v) is 13.3. The molecule has 0 aliphatic rings. The largest absolute Gasteiger partial charge is 0.481 e. The molecule has 14 heteroatoms. The van der Waals surface area contributed by atoms with E-state index in [1.54, 1.807) is 0 Å². The van der Waals surface area contributed by atoms with Crippen LogP contribution < -0.4 is 0 Å². The highest BCUT2D eigenvalue weighted by atomic mass is 16.6. The van der Waals surface area contributed by atoms with Crippen LogP contribution in [0.2, 0.25) is 0 Å². The molecule has 0 aliphatic heterocycles. The van der Waals surface area contributed by atoms with Gasteiger partial charge in [-0.2, -0.15) is 0 Å². The van der Waals surface area contributed by atoms with Crippen molar-refractivity contribution in [2.45, 2.75) is 13.3 Å². The first kappa shape index (κ1) is 37.5. The second-order valence-corrected chi connectivity index (χ2v) is 7.61. The molecule has 0 saturated carbocycles. The Balaban J connectivity index is 3.04. The Labute approximate surface area is 231 Å². The van der Waals surface area contributed by atoms with Crippen molar-refractivity contribution >= 4 is 11.9 Å². The molecule has 0 saturated heterocycles. The fourth-order valence-corrected chi connectivity index (χ4v) is 2.49. The number of esters is 1. The number of rotatable bonds is 33. The zero-order valence-corrected chi connectivity index (χ0v) is 23.3. The van der Waals surface area contributed by atoms with Crippen molar-refractivity contribution in [3.63, 3.8) is 0 Å². The lowest BCUT2D eigenvalue weighted by molar-refractivity contribution is -0.142. The maximum absolute atomic E-state index is 10.6. The van der Waals surface area contributed by atoms with E-state index in [1.807, 2.05) is 0 Å². The first-order valence-electron chi connectivity index (χ1n) is 13.3. The van der Waals surface area contributed by atoms with Crippen molar-refractivity contribution < 1.29 is 66.8 Å². The van der Waals surface area contributed by atoms with Crippen molar-refractivity contribution in [3.05, 3.63) is 0 Å². The van der Waals surface area contributed by atoms with Gasteiger partial charge in [-0.05, 0) is 0 Å². The van der Waals surface area contributed by atoms with E-state index in [1.165, 1.54) is 6.92 Å². The van der Waals surface area contributed by atoms with Gasteiger partial charge in [0.1, 0.15) is 6.61 Å². The zero-order valence-electron chi connectivity index (χ0n) is 23.3. The molecule has 0 aliphatic carbocycles. The Bertz CT molecular complexity index is 479. The molecule has 0 heterocycles. The van der Waals surface area contributed by atoms with E-state index < -0.39 is 5.97 Å². The van der Waals surface area contributed by atoms with E-state index in [-0.39, 0.29) is 25.6 Å². The van der Waals surface area contributed by atoms with Crippen LogP contribution in [-0.2, 0) is 61.7 Å². The maximum Gasteiger partial charge on any atom is 0.305 e. The smallest absolute Gasteiger partial charge is 0.305 e. The summed E-state index contributed by atoms with van der Waals surface area (Å²) in [4.78, 5) is 20.9. The Morgan fingerprint density at radius 2 is 0.590 bits per heavy atom. The third kappa shape index (κ3) is 36.5. The zero-order chi connectivity index (χ0) is 28.5. The SMILES string of the molecule is CC(=O)OCCOCCOCCOCCOCCOCCOCCOCCOCCOCCOCCC(=O)O. The Morgan fingerprint density at radius 1 is 0.385 bits per heavy atom. The van der Waals surface area contributed by atoms with E-state index in [9.17, 15) is 9.59 Å². The highest BCUT2D eigenvalue weighted by molar-refractivity contribution is 5.66. The lowest BCUT2D eigenvalue weighted by Crippen LogP contribution is -2.15. The number of aliphatic carboxylic acids is 1. The van der Waals surface area contributed by atoms with Gasteiger partial charge in [0.15, 0.2) is 0 Å². The minimum Gasteiger partial charge on any atom is -0.481 e. The predicted octanol–water partition coefficient (Wildman–Crippen LogP) is 0.190. The second kappa shape index (κ2) is 32.8. The second-order valence-electron chi connectivity index (χ2n) is 7.61. The van der Waals surface area contributed by atoms with Gasteiger partial charge in [0.05, 0.1) is 139 Å². The molecule has 1 N–H and O–H groups in total. The molecule has 0 atom stereocenters. The Morgan fingerprint density at radius 3 is 0.795 bits per heavy atom. The summed E-state index contributed by atoms with van der Waals surface area (Å²) in [6.07, 6.45) is -0.00405. The van der Waals surface area contributed by atoms with Crippen LogP contribution >= 0.6 is 0 Å². The number of carboxylic acid groups (broad SMARTS) is 1. The molecule has 0 spiro atoms. The number of carbonyl (C=O) groups excluding carboxylic acids is 1. The van der Waals surface area contributed by atoms with Crippen LogP contribution in [-0.4, -0.2) is 156 Å². The van der Waals surface area contributed by atoms with Crippen molar-refractivity contribution in [2.75, 3.05) is 139 Å². The molecule has 0 radical (unpaired) electrons.